The smallest absolute Gasteiger partial charge is 0.228 e. The Morgan fingerprint density at radius 2 is 2.04 bits per heavy atom. The van der Waals surface area contributed by atoms with Gasteiger partial charge in [0.1, 0.15) is 5.75 Å². The summed E-state index contributed by atoms with van der Waals surface area (Å²) in [6.07, 6.45) is 2.28. The number of carbonyl (C=O) groups is 2. The first-order valence-electron chi connectivity index (χ1n) is 9.66. The number of likely N-dealkylation sites (tertiary alicyclic amines) is 1. The van der Waals surface area contributed by atoms with E-state index in [-0.39, 0.29) is 36.6 Å². The summed E-state index contributed by atoms with van der Waals surface area (Å²) in [6.45, 7) is 6.04. The van der Waals surface area contributed by atoms with E-state index in [0.717, 1.165) is 39.0 Å². The summed E-state index contributed by atoms with van der Waals surface area (Å²) >= 11 is 6.10. The molecule has 3 rings (SSSR count). The first-order chi connectivity index (χ1) is 13.0. The Balaban J connectivity index is 0.00000280. The predicted octanol–water partition coefficient (Wildman–Crippen LogP) is 2.97. The second-order valence-corrected chi connectivity index (χ2v) is 7.73. The van der Waals surface area contributed by atoms with Gasteiger partial charge in [0.2, 0.25) is 11.8 Å². The summed E-state index contributed by atoms with van der Waals surface area (Å²) in [4.78, 5) is 29.1. The van der Waals surface area contributed by atoms with E-state index in [1.165, 1.54) is 0 Å². The van der Waals surface area contributed by atoms with Crippen LogP contribution in [0, 0.1) is 11.8 Å². The Bertz CT molecular complexity index is 693. The highest BCUT2D eigenvalue weighted by atomic mass is 35.5. The fourth-order valence-corrected chi connectivity index (χ4v) is 4.11. The van der Waals surface area contributed by atoms with Crippen LogP contribution < -0.4 is 15.0 Å². The minimum atomic E-state index is -0.300. The van der Waals surface area contributed by atoms with Crippen molar-refractivity contribution in [3.05, 3.63) is 23.2 Å². The van der Waals surface area contributed by atoms with Gasteiger partial charge >= 0.3 is 0 Å². The molecule has 2 fully saturated rings. The second kappa shape index (κ2) is 10.3. The molecule has 1 atom stereocenters. The first kappa shape index (κ1) is 22.8. The molecule has 0 spiro atoms. The number of nitrogens with one attached hydrogen (secondary N) is 1. The Morgan fingerprint density at radius 1 is 1.32 bits per heavy atom. The first-order valence-corrected chi connectivity index (χ1v) is 10.0. The lowest BCUT2D eigenvalue weighted by Gasteiger charge is -2.33. The number of amides is 2. The number of carbonyl (C=O) groups excluding carboxylic acids is 2. The van der Waals surface area contributed by atoms with Gasteiger partial charge in [0, 0.05) is 31.1 Å². The van der Waals surface area contributed by atoms with Crippen molar-refractivity contribution in [1.29, 1.82) is 0 Å². The van der Waals surface area contributed by atoms with E-state index < -0.39 is 0 Å². The van der Waals surface area contributed by atoms with Gasteiger partial charge in [-0.25, -0.2) is 0 Å². The molecule has 6 nitrogen and oxygen atoms in total. The van der Waals surface area contributed by atoms with Crippen molar-refractivity contribution in [3.8, 4) is 5.75 Å². The van der Waals surface area contributed by atoms with E-state index in [1.807, 2.05) is 4.90 Å². The Labute approximate surface area is 177 Å². The van der Waals surface area contributed by atoms with Crippen LogP contribution in [0.4, 0.5) is 5.69 Å². The quantitative estimate of drug-likeness (QED) is 0.754. The molecule has 0 radical (unpaired) electrons. The zero-order valence-corrected chi connectivity index (χ0v) is 18.0. The highest BCUT2D eigenvalue weighted by Crippen LogP contribution is 2.35. The van der Waals surface area contributed by atoms with Gasteiger partial charge in [-0.3, -0.25) is 9.59 Å². The summed E-state index contributed by atoms with van der Waals surface area (Å²) in [6, 6.07) is 5.19. The van der Waals surface area contributed by atoms with E-state index in [9.17, 15) is 9.59 Å². The molecule has 0 aromatic heterocycles. The molecule has 1 N–H and O–H groups in total. The van der Waals surface area contributed by atoms with Gasteiger partial charge in [-0.15, -0.1) is 12.4 Å². The van der Waals surface area contributed by atoms with Crippen LogP contribution in [0.2, 0.25) is 5.02 Å². The van der Waals surface area contributed by atoms with Crippen molar-refractivity contribution < 1.29 is 14.3 Å². The van der Waals surface area contributed by atoms with Crippen molar-refractivity contribution in [2.24, 2.45) is 11.8 Å². The van der Waals surface area contributed by atoms with Crippen LogP contribution in [0.1, 0.15) is 26.2 Å². The summed E-state index contributed by atoms with van der Waals surface area (Å²) in [7, 11) is 1.56. The zero-order chi connectivity index (χ0) is 19.4. The lowest BCUT2D eigenvalue weighted by atomic mass is 9.95. The molecule has 1 unspecified atom stereocenters. The van der Waals surface area contributed by atoms with Crippen LogP contribution >= 0.6 is 24.0 Å². The van der Waals surface area contributed by atoms with Gasteiger partial charge in [0.05, 0.1) is 18.7 Å². The monoisotopic (exact) mass is 429 g/mol. The maximum atomic E-state index is 12.9. The number of benzene rings is 1. The fraction of sp³-hybridized carbons (Fsp3) is 0.600. The van der Waals surface area contributed by atoms with Crippen LogP contribution in [0.25, 0.3) is 0 Å². The van der Waals surface area contributed by atoms with E-state index in [4.69, 9.17) is 16.3 Å². The Kier molecular flexibility index (Phi) is 8.40. The van der Waals surface area contributed by atoms with Crippen molar-refractivity contribution in [3.63, 3.8) is 0 Å². The molecule has 1 aromatic rings. The van der Waals surface area contributed by atoms with Crippen LogP contribution in [-0.4, -0.2) is 56.5 Å². The third kappa shape index (κ3) is 5.10. The molecular formula is C20H29Cl2N3O3. The highest BCUT2D eigenvalue weighted by molar-refractivity contribution is 6.31. The number of halogens is 2. The van der Waals surface area contributed by atoms with E-state index in [0.29, 0.717) is 28.9 Å². The average molecular weight is 430 g/mol. The standard InChI is InChI=1S/C20H28ClN3O3.ClH/c1-3-22-12-14-6-8-23(9-7-14)20(26)15-10-19(25)24(13-15)17-11-16(21)4-5-18(17)27-2;/h4-5,11,14-15,22H,3,6-10,12-13H2,1-2H3;1H. The number of hydrogen-bond donors (Lipinski definition) is 1. The van der Waals surface area contributed by atoms with Crippen LogP contribution in [-0.2, 0) is 9.59 Å². The number of nitrogens with zero attached hydrogens (tertiary/aromatic N) is 2. The van der Waals surface area contributed by atoms with Crippen LogP contribution in [0.5, 0.6) is 5.75 Å². The topological polar surface area (TPSA) is 61.9 Å². The average Bonchev–Trinajstić information content (AvgIpc) is 3.07. The maximum Gasteiger partial charge on any atom is 0.228 e. The molecule has 28 heavy (non-hydrogen) atoms. The molecule has 2 aliphatic heterocycles. The number of rotatable bonds is 6. The summed E-state index contributed by atoms with van der Waals surface area (Å²) in [5.74, 6) is 0.952. The molecule has 0 bridgehead atoms. The van der Waals surface area contributed by atoms with Gasteiger partial charge in [0.15, 0.2) is 0 Å². The molecule has 0 aliphatic carbocycles. The molecule has 0 saturated carbocycles. The summed E-state index contributed by atoms with van der Waals surface area (Å²) in [5.41, 5.74) is 0.634. The summed E-state index contributed by atoms with van der Waals surface area (Å²) in [5, 5.41) is 3.92. The van der Waals surface area contributed by atoms with Gasteiger partial charge in [-0.05, 0) is 50.0 Å². The summed E-state index contributed by atoms with van der Waals surface area (Å²) < 4.78 is 5.36. The fourth-order valence-electron chi connectivity index (χ4n) is 3.94. The molecule has 8 heteroatoms. The largest absolute Gasteiger partial charge is 0.495 e. The van der Waals surface area contributed by atoms with Gasteiger partial charge in [0.25, 0.3) is 0 Å². The van der Waals surface area contributed by atoms with Gasteiger partial charge in [-0.2, -0.15) is 0 Å². The number of ether oxygens (including phenoxy) is 1. The number of hydrogen-bond acceptors (Lipinski definition) is 4. The van der Waals surface area contributed by atoms with Crippen molar-refractivity contribution >= 4 is 41.5 Å². The molecular weight excluding hydrogens is 401 g/mol. The maximum absolute atomic E-state index is 12.9. The molecule has 156 valence electrons. The lowest BCUT2D eigenvalue weighted by molar-refractivity contribution is -0.137. The zero-order valence-electron chi connectivity index (χ0n) is 16.4. The highest BCUT2D eigenvalue weighted by Gasteiger charge is 2.39. The minimum absolute atomic E-state index is 0. The molecule has 2 heterocycles. The third-order valence-electron chi connectivity index (χ3n) is 5.52. The van der Waals surface area contributed by atoms with E-state index >= 15 is 0 Å². The van der Waals surface area contributed by atoms with Gasteiger partial charge < -0.3 is 19.9 Å². The molecule has 2 aliphatic rings. The Hall–Kier alpha value is -1.50. The number of piperidine rings is 1. The second-order valence-electron chi connectivity index (χ2n) is 7.30. The number of anilines is 1. The minimum Gasteiger partial charge on any atom is -0.495 e. The molecule has 2 amide bonds. The normalized spacial score (nSPS) is 20.2. The van der Waals surface area contributed by atoms with E-state index in [2.05, 4.69) is 12.2 Å². The van der Waals surface area contributed by atoms with E-state index in [1.54, 1.807) is 30.2 Å². The molecule has 2 saturated heterocycles. The Morgan fingerprint density at radius 3 is 2.68 bits per heavy atom. The third-order valence-corrected chi connectivity index (χ3v) is 5.75. The predicted molar refractivity (Wildman–Crippen MR) is 114 cm³/mol. The lowest BCUT2D eigenvalue weighted by Crippen LogP contribution is -2.44. The molecule has 1 aromatic carbocycles. The van der Waals surface area contributed by atoms with Gasteiger partial charge in [-0.1, -0.05) is 18.5 Å². The van der Waals surface area contributed by atoms with Crippen molar-refractivity contribution in [2.45, 2.75) is 26.2 Å². The van der Waals surface area contributed by atoms with Crippen LogP contribution in [0.15, 0.2) is 18.2 Å². The van der Waals surface area contributed by atoms with Crippen molar-refractivity contribution in [1.82, 2.24) is 10.2 Å². The number of methoxy groups -OCH3 is 1. The van der Waals surface area contributed by atoms with Crippen LogP contribution in [0.3, 0.4) is 0 Å². The SMILES string of the molecule is CCNCC1CCN(C(=O)C2CC(=O)N(c3cc(Cl)ccc3OC)C2)CC1.Cl. The van der Waals surface area contributed by atoms with Crippen molar-refractivity contribution in [2.75, 3.05) is 44.7 Å².